The maximum Gasteiger partial charge on any atom is 0.415 e. The van der Waals surface area contributed by atoms with Gasteiger partial charge in [0.15, 0.2) is 11.5 Å². The molecule has 2 saturated heterocycles. The second-order valence-corrected chi connectivity index (χ2v) is 10.6. The molecule has 6 rings (SSSR count). The van der Waals surface area contributed by atoms with Crippen molar-refractivity contribution in [2.75, 3.05) is 53.5 Å². The molecule has 2 aliphatic carbocycles. The zero-order chi connectivity index (χ0) is 25.0. The van der Waals surface area contributed by atoms with Gasteiger partial charge in [-0.25, -0.2) is 9.80 Å². The Kier molecular flexibility index (Phi) is 8.52. The van der Waals surface area contributed by atoms with Crippen LogP contribution in [0.5, 0.6) is 11.5 Å². The number of halogens is 2. The van der Waals surface area contributed by atoms with Gasteiger partial charge in [-0.1, -0.05) is 18.2 Å². The molecule has 5 aliphatic rings. The SMILES string of the molecule is CN(CCC(=O)NN1CCOCC1)C(=O)Oc1ccc2c3c1O[C@H]1[C@@H](O)C=CC4C(C2)N(C)CC[C@@]341.Cl.Cl. The van der Waals surface area contributed by atoms with E-state index >= 15 is 0 Å². The Labute approximate surface area is 235 Å². The highest BCUT2D eigenvalue weighted by atomic mass is 35.5. The summed E-state index contributed by atoms with van der Waals surface area (Å²) in [6.07, 6.45) is 4.32. The number of carbonyl (C=O) groups excluding carboxylic acids is 2. The van der Waals surface area contributed by atoms with Gasteiger partial charge in [0.25, 0.3) is 0 Å². The normalized spacial score (nSPS) is 30.7. The third kappa shape index (κ3) is 4.65. The number of piperidine rings is 1. The van der Waals surface area contributed by atoms with E-state index < -0.39 is 12.2 Å². The molecule has 2 unspecified atom stereocenters. The predicted molar refractivity (Wildman–Crippen MR) is 144 cm³/mol. The van der Waals surface area contributed by atoms with Crippen molar-refractivity contribution in [1.82, 2.24) is 20.2 Å². The van der Waals surface area contributed by atoms with E-state index in [2.05, 4.69) is 23.4 Å². The van der Waals surface area contributed by atoms with Crippen molar-refractivity contribution in [2.24, 2.45) is 5.92 Å². The van der Waals surface area contributed by atoms with E-state index in [4.69, 9.17) is 14.2 Å². The molecule has 1 spiro atoms. The summed E-state index contributed by atoms with van der Waals surface area (Å²) in [4.78, 5) is 29.0. The Morgan fingerprint density at radius 2 is 1.97 bits per heavy atom. The third-order valence-corrected chi connectivity index (χ3v) is 8.61. The Morgan fingerprint density at radius 1 is 1.21 bits per heavy atom. The van der Waals surface area contributed by atoms with Crippen LogP contribution in [0.15, 0.2) is 24.3 Å². The van der Waals surface area contributed by atoms with Gasteiger partial charge < -0.3 is 29.1 Å². The second-order valence-electron chi connectivity index (χ2n) is 10.6. The number of morpholine rings is 1. The van der Waals surface area contributed by atoms with Gasteiger partial charge in [-0.2, -0.15) is 0 Å². The molecular weight excluding hydrogens is 535 g/mol. The number of likely N-dealkylation sites (N-methyl/N-ethyl adjacent to an activating group) is 1. The number of rotatable bonds is 5. The van der Waals surface area contributed by atoms with E-state index in [0.29, 0.717) is 43.8 Å². The number of carbonyl (C=O) groups is 2. The van der Waals surface area contributed by atoms with E-state index in [1.807, 2.05) is 17.2 Å². The first-order valence-corrected chi connectivity index (χ1v) is 12.8. The minimum Gasteiger partial charge on any atom is -0.482 e. The predicted octanol–water partition coefficient (Wildman–Crippen LogP) is 1.52. The van der Waals surface area contributed by atoms with Crippen molar-refractivity contribution in [3.05, 3.63) is 35.4 Å². The highest BCUT2D eigenvalue weighted by molar-refractivity contribution is 5.85. The Balaban J connectivity index is 0.00000168. The molecule has 3 heterocycles. The van der Waals surface area contributed by atoms with Gasteiger partial charge in [-0.15, -0.1) is 24.8 Å². The molecule has 10 nitrogen and oxygen atoms in total. The molecule has 1 aromatic rings. The summed E-state index contributed by atoms with van der Waals surface area (Å²) >= 11 is 0. The van der Waals surface area contributed by atoms with Crippen molar-refractivity contribution in [3.8, 4) is 11.5 Å². The zero-order valence-electron chi connectivity index (χ0n) is 21.6. The summed E-state index contributed by atoms with van der Waals surface area (Å²) < 4.78 is 17.5. The number of hydrazine groups is 1. The minimum absolute atomic E-state index is 0. The number of amides is 2. The third-order valence-electron chi connectivity index (χ3n) is 8.61. The van der Waals surface area contributed by atoms with Gasteiger partial charge in [0.2, 0.25) is 5.91 Å². The van der Waals surface area contributed by atoms with Gasteiger partial charge in [0, 0.05) is 56.0 Å². The maximum absolute atomic E-state index is 12.9. The number of nitrogens with one attached hydrogen (secondary N) is 1. The topological polar surface area (TPSA) is 104 Å². The van der Waals surface area contributed by atoms with Crippen molar-refractivity contribution < 1.29 is 28.9 Å². The van der Waals surface area contributed by atoms with E-state index in [-0.39, 0.29) is 61.1 Å². The van der Waals surface area contributed by atoms with E-state index in [0.717, 1.165) is 24.9 Å². The van der Waals surface area contributed by atoms with Gasteiger partial charge in [-0.3, -0.25) is 10.2 Å². The molecule has 38 heavy (non-hydrogen) atoms. The van der Waals surface area contributed by atoms with Crippen molar-refractivity contribution in [2.45, 2.75) is 42.9 Å². The number of aliphatic hydroxyl groups is 1. The summed E-state index contributed by atoms with van der Waals surface area (Å²) in [5.41, 5.74) is 4.85. The molecule has 2 N–H and O–H groups in total. The lowest BCUT2D eigenvalue weighted by molar-refractivity contribution is -0.128. The number of hydrogen-bond donors (Lipinski definition) is 2. The molecule has 2 amide bonds. The second kappa shape index (κ2) is 11.2. The molecule has 0 radical (unpaired) electrons. The highest BCUT2D eigenvalue weighted by Gasteiger charge is 2.64. The molecule has 2 bridgehead atoms. The van der Waals surface area contributed by atoms with Crippen molar-refractivity contribution in [1.29, 1.82) is 0 Å². The summed E-state index contributed by atoms with van der Waals surface area (Å²) in [6.45, 7) is 3.63. The van der Waals surface area contributed by atoms with Crippen LogP contribution in [0.25, 0.3) is 0 Å². The molecular formula is C26H36Cl2N4O6. The first kappa shape index (κ1) is 28.9. The van der Waals surface area contributed by atoms with Crippen LogP contribution in [0.4, 0.5) is 4.79 Å². The summed E-state index contributed by atoms with van der Waals surface area (Å²) in [6, 6.07) is 4.20. The van der Waals surface area contributed by atoms with E-state index in [1.165, 1.54) is 10.5 Å². The summed E-state index contributed by atoms with van der Waals surface area (Å²) in [7, 11) is 3.78. The molecule has 5 atom stereocenters. The lowest BCUT2D eigenvalue weighted by Gasteiger charge is -2.56. The zero-order valence-corrected chi connectivity index (χ0v) is 23.3. The van der Waals surface area contributed by atoms with E-state index in [1.54, 1.807) is 13.1 Å². The largest absolute Gasteiger partial charge is 0.482 e. The Bertz CT molecular complexity index is 1100. The van der Waals surface area contributed by atoms with Gasteiger partial charge in [-0.05, 0) is 38.1 Å². The molecule has 0 aromatic heterocycles. The highest BCUT2D eigenvalue weighted by Crippen LogP contribution is 2.62. The number of nitrogens with zero attached hydrogens (tertiary/aromatic N) is 3. The monoisotopic (exact) mass is 570 g/mol. The van der Waals surface area contributed by atoms with Crippen LogP contribution in [-0.4, -0.2) is 104 Å². The Hall–Kier alpha value is -2.08. The van der Waals surface area contributed by atoms with E-state index in [9.17, 15) is 14.7 Å². The van der Waals surface area contributed by atoms with Crippen molar-refractivity contribution in [3.63, 3.8) is 0 Å². The Morgan fingerprint density at radius 3 is 2.74 bits per heavy atom. The first-order valence-electron chi connectivity index (χ1n) is 12.8. The van der Waals surface area contributed by atoms with Gasteiger partial charge in [0.1, 0.15) is 12.2 Å². The minimum atomic E-state index is -0.708. The molecule has 12 heteroatoms. The first-order chi connectivity index (χ1) is 17.4. The smallest absolute Gasteiger partial charge is 0.415 e. The van der Waals surface area contributed by atoms with Crippen LogP contribution < -0.4 is 14.9 Å². The number of hydrogen-bond acceptors (Lipinski definition) is 8. The molecule has 0 saturated carbocycles. The van der Waals surface area contributed by atoms with Gasteiger partial charge >= 0.3 is 6.09 Å². The van der Waals surface area contributed by atoms with Gasteiger partial charge in [0.05, 0.1) is 13.2 Å². The van der Waals surface area contributed by atoms with Crippen LogP contribution in [-0.2, 0) is 21.4 Å². The van der Waals surface area contributed by atoms with Crippen molar-refractivity contribution >= 4 is 36.8 Å². The lowest BCUT2D eigenvalue weighted by Crippen LogP contribution is -2.64. The quantitative estimate of drug-likeness (QED) is 0.513. The van der Waals surface area contributed by atoms with Crippen LogP contribution in [0.1, 0.15) is 24.0 Å². The standard InChI is InChI=1S/C26H34N4O6.2ClH/c1-28-10-8-26-17-4-5-19(31)24(26)36-23-20(6-3-16(22(23)26)15-18(17)28)35-25(33)29(2)9-7-21(32)27-30-11-13-34-14-12-30;;/h3-6,17-19,24,31H,7-15H2,1-2H3,(H,27,32);2*1H/t17?,18?,19-,24-,26-;;/m0../s1. The van der Waals surface area contributed by atoms with Crippen LogP contribution in [0.3, 0.4) is 0 Å². The summed E-state index contributed by atoms with van der Waals surface area (Å²) in [5, 5.41) is 12.7. The van der Waals surface area contributed by atoms with Crippen LogP contribution in [0, 0.1) is 5.92 Å². The van der Waals surface area contributed by atoms with Crippen LogP contribution >= 0.6 is 24.8 Å². The number of likely N-dealkylation sites (tertiary alicyclic amines) is 1. The summed E-state index contributed by atoms with van der Waals surface area (Å²) in [5.74, 6) is 1.05. The average Bonchev–Trinajstić information content (AvgIpc) is 3.23. The number of benzene rings is 1. The fourth-order valence-corrected chi connectivity index (χ4v) is 6.75. The average molecular weight is 572 g/mol. The fraction of sp³-hybridized carbons (Fsp3) is 0.615. The maximum atomic E-state index is 12.9. The van der Waals surface area contributed by atoms with Crippen LogP contribution in [0.2, 0.25) is 0 Å². The number of ether oxygens (including phenoxy) is 3. The lowest BCUT2D eigenvalue weighted by atomic mass is 9.53. The molecule has 3 aliphatic heterocycles. The number of aliphatic hydroxyl groups excluding tert-OH is 1. The molecule has 2 fully saturated rings. The molecule has 210 valence electrons. The fourth-order valence-electron chi connectivity index (χ4n) is 6.75. The molecule has 1 aromatic carbocycles.